The summed E-state index contributed by atoms with van der Waals surface area (Å²) in [4.78, 5) is 24.8. The van der Waals surface area contributed by atoms with Crippen LogP contribution in [0.3, 0.4) is 0 Å². The van der Waals surface area contributed by atoms with E-state index in [1.807, 2.05) is 0 Å². The van der Waals surface area contributed by atoms with Gasteiger partial charge in [-0.25, -0.2) is 0 Å². The highest BCUT2D eigenvalue weighted by atomic mass is 35.5. The summed E-state index contributed by atoms with van der Waals surface area (Å²) in [6.45, 7) is 0. The largest absolute Gasteiger partial charge is 0.545 e. The lowest BCUT2D eigenvalue weighted by atomic mass is 10.1. The number of fused-ring (bicyclic) bond motifs is 1. The second-order valence-electron chi connectivity index (χ2n) is 3.01. The molecule has 76 valence electrons. The van der Waals surface area contributed by atoms with Gasteiger partial charge in [-0.05, 0) is 18.2 Å². The number of carbonyl (C=O) groups is 1. The van der Waals surface area contributed by atoms with Crippen molar-refractivity contribution in [3.05, 3.63) is 45.2 Å². The Morgan fingerprint density at radius 1 is 1.40 bits per heavy atom. The number of nitrogens with one attached hydrogen (secondary N) is 1. The molecule has 0 bridgehead atoms. The van der Waals surface area contributed by atoms with Crippen molar-refractivity contribution in [3.8, 4) is 0 Å². The quantitative estimate of drug-likeness (QED) is 0.766. The Balaban J connectivity index is 2.86. The standard InChI is InChI=1S/C10H6ClNO3/c11-5-1-2-6-8(3-5)12-4-7(9(6)13)10(14)15/h1-4H,(H,12,13)(H,14,15)/p-1. The third kappa shape index (κ3) is 1.59. The molecule has 1 aromatic heterocycles. The molecule has 0 radical (unpaired) electrons. The number of halogens is 1. The molecule has 0 saturated heterocycles. The fourth-order valence-electron chi connectivity index (χ4n) is 1.35. The first kappa shape index (κ1) is 9.73. The van der Waals surface area contributed by atoms with Crippen molar-refractivity contribution in [1.29, 1.82) is 0 Å². The van der Waals surface area contributed by atoms with Crippen LogP contribution in [0.1, 0.15) is 10.4 Å². The molecular weight excluding hydrogens is 218 g/mol. The second-order valence-corrected chi connectivity index (χ2v) is 3.45. The van der Waals surface area contributed by atoms with Crippen LogP contribution in [-0.2, 0) is 0 Å². The fraction of sp³-hybridized carbons (Fsp3) is 0. The predicted octanol–water partition coefficient (Wildman–Crippen LogP) is 0.545. The van der Waals surface area contributed by atoms with Crippen molar-refractivity contribution in [3.63, 3.8) is 0 Å². The summed E-state index contributed by atoms with van der Waals surface area (Å²) in [5.41, 5.74) is -0.456. The van der Waals surface area contributed by atoms with E-state index in [1.54, 1.807) is 6.07 Å². The van der Waals surface area contributed by atoms with E-state index >= 15 is 0 Å². The van der Waals surface area contributed by atoms with E-state index in [0.29, 0.717) is 10.5 Å². The number of rotatable bonds is 1. The SMILES string of the molecule is O=C([O-])c1c[nH]c2cc(Cl)ccc2c1=O. The van der Waals surface area contributed by atoms with Crippen LogP contribution < -0.4 is 10.5 Å². The smallest absolute Gasteiger partial charge is 0.198 e. The van der Waals surface area contributed by atoms with E-state index in [1.165, 1.54) is 12.1 Å². The van der Waals surface area contributed by atoms with Gasteiger partial charge in [0.05, 0.1) is 17.0 Å². The number of hydrogen-bond donors (Lipinski definition) is 1. The van der Waals surface area contributed by atoms with Crippen LogP contribution in [0.4, 0.5) is 0 Å². The summed E-state index contributed by atoms with van der Waals surface area (Å²) in [6, 6.07) is 4.55. The van der Waals surface area contributed by atoms with Crippen LogP contribution in [0, 0.1) is 0 Å². The van der Waals surface area contributed by atoms with Crippen molar-refractivity contribution >= 4 is 28.5 Å². The van der Waals surface area contributed by atoms with Gasteiger partial charge in [0, 0.05) is 16.6 Å². The lowest BCUT2D eigenvalue weighted by molar-refractivity contribution is -0.255. The summed E-state index contributed by atoms with van der Waals surface area (Å²) in [5, 5.41) is 11.3. The van der Waals surface area contributed by atoms with E-state index in [4.69, 9.17) is 11.6 Å². The van der Waals surface area contributed by atoms with Gasteiger partial charge in [0.15, 0.2) is 5.43 Å². The molecule has 0 aliphatic heterocycles. The number of aromatic nitrogens is 1. The minimum absolute atomic E-state index is 0.279. The number of carboxylic acids is 1. The summed E-state index contributed by atoms with van der Waals surface area (Å²) >= 11 is 5.72. The Kier molecular flexibility index (Phi) is 2.21. The Bertz CT molecular complexity index is 603. The lowest BCUT2D eigenvalue weighted by Gasteiger charge is -2.03. The van der Waals surface area contributed by atoms with Crippen molar-refractivity contribution in [2.45, 2.75) is 0 Å². The third-order valence-electron chi connectivity index (χ3n) is 2.06. The van der Waals surface area contributed by atoms with Gasteiger partial charge in [0.1, 0.15) is 0 Å². The number of aromatic amines is 1. The van der Waals surface area contributed by atoms with Crippen LogP contribution in [0.25, 0.3) is 10.9 Å². The molecule has 1 aromatic carbocycles. The number of pyridine rings is 1. The summed E-state index contributed by atoms with van der Waals surface area (Å²) < 4.78 is 0. The first-order valence-electron chi connectivity index (χ1n) is 4.12. The topological polar surface area (TPSA) is 73.0 Å². The molecule has 15 heavy (non-hydrogen) atoms. The highest BCUT2D eigenvalue weighted by molar-refractivity contribution is 6.31. The zero-order chi connectivity index (χ0) is 11.0. The van der Waals surface area contributed by atoms with Crippen LogP contribution >= 0.6 is 11.6 Å². The molecule has 1 N–H and O–H groups in total. The maximum absolute atomic E-state index is 11.6. The molecule has 4 nitrogen and oxygen atoms in total. The Morgan fingerprint density at radius 3 is 2.80 bits per heavy atom. The Hall–Kier alpha value is -1.81. The zero-order valence-corrected chi connectivity index (χ0v) is 8.17. The average molecular weight is 223 g/mol. The molecule has 0 amide bonds. The molecule has 0 saturated carbocycles. The van der Waals surface area contributed by atoms with Crippen LogP contribution in [0.15, 0.2) is 29.2 Å². The fourth-order valence-corrected chi connectivity index (χ4v) is 1.52. The Labute approximate surface area is 89.1 Å². The highest BCUT2D eigenvalue weighted by Gasteiger charge is 2.05. The molecule has 2 rings (SSSR count). The minimum atomic E-state index is -1.49. The summed E-state index contributed by atoms with van der Waals surface area (Å²) in [7, 11) is 0. The average Bonchev–Trinajstić information content (AvgIpc) is 2.17. The maximum Gasteiger partial charge on any atom is 0.198 e. The Morgan fingerprint density at radius 2 is 2.13 bits per heavy atom. The molecule has 0 atom stereocenters. The van der Waals surface area contributed by atoms with E-state index in [0.717, 1.165) is 6.20 Å². The normalized spacial score (nSPS) is 10.5. The molecule has 0 fully saturated rings. The van der Waals surface area contributed by atoms with Gasteiger partial charge in [-0.3, -0.25) is 4.79 Å². The second kappa shape index (κ2) is 3.40. The van der Waals surface area contributed by atoms with Gasteiger partial charge in [-0.1, -0.05) is 11.6 Å². The van der Waals surface area contributed by atoms with Gasteiger partial charge in [-0.15, -0.1) is 0 Å². The monoisotopic (exact) mass is 222 g/mol. The lowest BCUT2D eigenvalue weighted by Crippen LogP contribution is -2.29. The van der Waals surface area contributed by atoms with Gasteiger partial charge in [0.25, 0.3) is 0 Å². The van der Waals surface area contributed by atoms with E-state index < -0.39 is 11.4 Å². The number of hydrogen-bond acceptors (Lipinski definition) is 3. The molecule has 0 aliphatic carbocycles. The van der Waals surface area contributed by atoms with E-state index in [2.05, 4.69) is 4.98 Å². The number of H-pyrrole nitrogens is 1. The van der Waals surface area contributed by atoms with Crippen molar-refractivity contribution in [2.24, 2.45) is 0 Å². The molecule has 0 aliphatic rings. The van der Waals surface area contributed by atoms with E-state index in [-0.39, 0.29) is 10.9 Å². The molecular formula is C10H5ClNO3-. The summed E-state index contributed by atoms with van der Waals surface area (Å²) in [5.74, 6) is -1.49. The van der Waals surface area contributed by atoms with Crippen LogP contribution in [0.5, 0.6) is 0 Å². The van der Waals surface area contributed by atoms with E-state index in [9.17, 15) is 14.7 Å². The third-order valence-corrected chi connectivity index (χ3v) is 2.30. The van der Waals surface area contributed by atoms with Crippen molar-refractivity contribution in [1.82, 2.24) is 4.98 Å². The zero-order valence-electron chi connectivity index (χ0n) is 7.41. The first-order valence-corrected chi connectivity index (χ1v) is 4.49. The number of carboxylic acid groups (broad SMARTS) is 1. The van der Waals surface area contributed by atoms with Crippen molar-refractivity contribution < 1.29 is 9.90 Å². The van der Waals surface area contributed by atoms with Crippen LogP contribution in [-0.4, -0.2) is 11.0 Å². The summed E-state index contributed by atoms with van der Waals surface area (Å²) in [6.07, 6.45) is 1.11. The molecule has 2 aromatic rings. The first-order chi connectivity index (χ1) is 7.09. The molecule has 0 spiro atoms. The number of benzene rings is 1. The number of carbonyl (C=O) groups excluding carboxylic acids is 1. The molecule has 5 heteroatoms. The maximum atomic E-state index is 11.6. The van der Waals surface area contributed by atoms with Gasteiger partial charge >= 0.3 is 0 Å². The highest BCUT2D eigenvalue weighted by Crippen LogP contribution is 2.14. The van der Waals surface area contributed by atoms with Crippen LogP contribution in [0.2, 0.25) is 5.02 Å². The van der Waals surface area contributed by atoms with Gasteiger partial charge in [0.2, 0.25) is 0 Å². The van der Waals surface area contributed by atoms with Gasteiger partial charge < -0.3 is 14.9 Å². The molecule has 1 heterocycles. The minimum Gasteiger partial charge on any atom is -0.545 e. The number of aromatic carboxylic acids is 1. The molecule has 0 unspecified atom stereocenters. The van der Waals surface area contributed by atoms with Gasteiger partial charge in [-0.2, -0.15) is 0 Å². The predicted molar refractivity (Wildman–Crippen MR) is 53.9 cm³/mol. The van der Waals surface area contributed by atoms with Crippen molar-refractivity contribution in [2.75, 3.05) is 0 Å².